The minimum atomic E-state index is 0.768. The van der Waals surface area contributed by atoms with E-state index in [9.17, 15) is 0 Å². The molecule has 2 aromatic heterocycles. The summed E-state index contributed by atoms with van der Waals surface area (Å²) in [5, 5.41) is 6.10. The Bertz CT molecular complexity index is 841. The van der Waals surface area contributed by atoms with Crippen molar-refractivity contribution in [3.8, 4) is 22.4 Å². The zero-order valence-electron chi connectivity index (χ0n) is 14.1. The maximum absolute atomic E-state index is 5.41. The van der Waals surface area contributed by atoms with E-state index in [-0.39, 0.29) is 0 Å². The highest BCUT2D eigenvalue weighted by atomic mass is 32.1. The Labute approximate surface area is 151 Å². The van der Waals surface area contributed by atoms with Gasteiger partial charge in [-0.1, -0.05) is 24.3 Å². The van der Waals surface area contributed by atoms with Gasteiger partial charge in [-0.05, 0) is 17.7 Å². The summed E-state index contributed by atoms with van der Waals surface area (Å²) >= 11 is 1.61. The van der Waals surface area contributed by atoms with Gasteiger partial charge in [0.05, 0.1) is 18.9 Å². The zero-order valence-corrected chi connectivity index (χ0v) is 14.9. The van der Waals surface area contributed by atoms with Crippen molar-refractivity contribution in [2.75, 3.05) is 43.6 Å². The average molecular weight is 352 g/mol. The highest BCUT2D eigenvalue weighted by Gasteiger charge is 2.14. The first kappa shape index (κ1) is 16.1. The predicted molar refractivity (Wildman–Crippen MR) is 103 cm³/mol. The topological polar surface area (TPSA) is 50.3 Å². The van der Waals surface area contributed by atoms with E-state index in [1.807, 2.05) is 19.3 Å². The van der Waals surface area contributed by atoms with Crippen molar-refractivity contribution < 1.29 is 4.74 Å². The van der Waals surface area contributed by atoms with E-state index in [1.54, 1.807) is 11.3 Å². The SMILES string of the molecule is CNc1nc(-c2ccccc2-c2ccc(N3CCOCC3)nc2)cs1. The summed E-state index contributed by atoms with van der Waals surface area (Å²) in [5.74, 6) is 1.01. The van der Waals surface area contributed by atoms with Gasteiger partial charge in [-0.25, -0.2) is 9.97 Å². The molecule has 0 amide bonds. The van der Waals surface area contributed by atoms with Crippen molar-refractivity contribution in [3.05, 3.63) is 48.0 Å². The maximum Gasteiger partial charge on any atom is 0.182 e. The number of thiazole rings is 1. The van der Waals surface area contributed by atoms with Crippen LogP contribution in [0, 0.1) is 0 Å². The van der Waals surface area contributed by atoms with Gasteiger partial charge >= 0.3 is 0 Å². The molecule has 25 heavy (non-hydrogen) atoms. The van der Waals surface area contributed by atoms with Crippen LogP contribution in [-0.2, 0) is 4.74 Å². The van der Waals surface area contributed by atoms with Crippen LogP contribution < -0.4 is 10.2 Å². The number of benzene rings is 1. The fraction of sp³-hybridized carbons (Fsp3) is 0.263. The molecule has 1 fully saturated rings. The maximum atomic E-state index is 5.41. The summed E-state index contributed by atoms with van der Waals surface area (Å²) in [5.41, 5.74) is 4.37. The van der Waals surface area contributed by atoms with Crippen molar-refractivity contribution in [2.24, 2.45) is 0 Å². The van der Waals surface area contributed by atoms with Crippen LogP contribution in [0.2, 0.25) is 0 Å². The lowest BCUT2D eigenvalue weighted by atomic mass is 9.99. The van der Waals surface area contributed by atoms with Gasteiger partial charge in [0.2, 0.25) is 0 Å². The predicted octanol–water partition coefficient (Wildman–Crippen LogP) is 3.75. The molecule has 0 spiro atoms. The molecular formula is C19H20N4OS. The van der Waals surface area contributed by atoms with E-state index < -0.39 is 0 Å². The number of aromatic nitrogens is 2. The van der Waals surface area contributed by atoms with Gasteiger partial charge in [0.15, 0.2) is 5.13 Å². The molecule has 5 nitrogen and oxygen atoms in total. The summed E-state index contributed by atoms with van der Waals surface area (Å²) in [4.78, 5) is 11.6. The first-order valence-corrected chi connectivity index (χ1v) is 9.25. The molecule has 1 saturated heterocycles. The molecule has 3 aromatic rings. The van der Waals surface area contributed by atoms with Crippen LogP contribution in [-0.4, -0.2) is 43.3 Å². The molecule has 1 N–H and O–H groups in total. The fourth-order valence-corrected chi connectivity index (χ4v) is 3.67. The molecule has 4 rings (SSSR count). The second kappa shape index (κ2) is 7.21. The number of anilines is 2. The lowest BCUT2D eigenvalue weighted by Crippen LogP contribution is -2.36. The van der Waals surface area contributed by atoms with Gasteiger partial charge in [0.25, 0.3) is 0 Å². The number of morpholine rings is 1. The zero-order chi connectivity index (χ0) is 17.1. The highest BCUT2D eigenvalue weighted by molar-refractivity contribution is 7.14. The first-order chi connectivity index (χ1) is 12.3. The molecule has 1 aliphatic rings. The van der Waals surface area contributed by atoms with Gasteiger partial charge in [-0.3, -0.25) is 0 Å². The molecule has 1 aromatic carbocycles. The Kier molecular flexibility index (Phi) is 4.63. The number of hydrogen-bond acceptors (Lipinski definition) is 6. The molecule has 0 unspecified atom stereocenters. The van der Waals surface area contributed by atoms with E-state index in [0.717, 1.165) is 59.6 Å². The number of nitrogens with one attached hydrogen (secondary N) is 1. The molecule has 0 bridgehead atoms. The van der Waals surface area contributed by atoms with E-state index in [4.69, 9.17) is 4.74 Å². The summed E-state index contributed by atoms with van der Waals surface area (Å²) in [6, 6.07) is 12.6. The lowest BCUT2D eigenvalue weighted by molar-refractivity contribution is 0.122. The third-order valence-corrected chi connectivity index (χ3v) is 5.17. The number of hydrogen-bond donors (Lipinski definition) is 1. The van der Waals surface area contributed by atoms with Gasteiger partial charge in [-0.15, -0.1) is 11.3 Å². The van der Waals surface area contributed by atoms with Crippen LogP contribution in [0.15, 0.2) is 48.0 Å². The summed E-state index contributed by atoms with van der Waals surface area (Å²) in [7, 11) is 1.89. The molecule has 6 heteroatoms. The van der Waals surface area contributed by atoms with Crippen molar-refractivity contribution in [1.82, 2.24) is 9.97 Å². The summed E-state index contributed by atoms with van der Waals surface area (Å²) in [6.45, 7) is 3.33. The van der Waals surface area contributed by atoms with Crippen LogP contribution in [0.1, 0.15) is 0 Å². The van der Waals surface area contributed by atoms with Gasteiger partial charge in [0.1, 0.15) is 5.82 Å². The van der Waals surface area contributed by atoms with Gasteiger partial charge in [0, 0.05) is 42.8 Å². The van der Waals surface area contributed by atoms with Crippen LogP contribution in [0.5, 0.6) is 0 Å². The Hall–Kier alpha value is -2.44. The van der Waals surface area contributed by atoms with Crippen molar-refractivity contribution in [1.29, 1.82) is 0 Å². The Morgan fingerprint density at radius 2 is 1.88 bits per heavy atom. The second-order valence-electron chi connectivity index (χ2n) is 5.84. The summed E-state index contributed by atoms with van der Waals surface area (Å²) < 4.78 is 5.41. The average Bonchev–Trinajstić information content (AvgIpc) is 3.18. The number of nitrogens with zero attached hydrogens (tertiary/aromatic N) is 3. The van der Waals surface area contributed by atoms with Crippen LogP contribution in [0.4, 0.5) is 10.9 Å². The fourth-order valence-electron chi connectivity index (χ4n) is 3.00. The first-order valence-electron chi connectivity index (χ1n) is 8.37. The molecule has 0 radical (unpaired) electrons. The Balaban J connectivity index is 1.65. The minimum Gasteiger partial charge on any atom is -0.378 e. The third kappa shape index (κ3) is 3.36. The van der Waals surface area contributed by atoms with Gasteiger partial charge < -0.3 is 15.0 Å². The standard InChI is InChI=1S/C19H20N4OS/c1-20-19-22-17(13-25-19)16-5-3-2-4-15(16)14-6-7-18(21-12-14)23-8-10-24-11-9-23/h2-7,12-13H,8-11H2,1H3,(H,20,22). The van der Waals surface area contributed by atoms with E-state index >= 15 is 0 Å². The van der Waals surface area contributed by atoms with E-state index in [0.29, 0.717) is 0 Å². The Morgan fingerprint density at radius 3 is 2.56 bits per heavy atom. The minimum absolute atomic E-state index is 0.768. The molecule has 3 heterocycles. The van der Waals surface area contributed by atoms with Gasteiger partial charge in [-0.2, -0.15) is 0 Å². The highest BCUT2D eigenvalue weighted by Crippen LogP contribution is 2.33. The monoisotopic (exact) mass is 352 g/mol. The molecule has 128 valence electrons. The molecule has 0 aliphatic carbocycles. The quantitative estimate of drug-likeness (QED) is 0.775. The summed E-state index contributed by atoms with van der Waals surface area (Å²) in [6.07, 6.45) is 1.95. The van der Waals surface area contributed by atoms with Crippen LogP contribution in [0.3, 0.4) is 0 Å². The van der Waals surface area contributed by atoms with Crippen molar-refractivity contribution in [3.63, 3.8) is 0 Å². The molecular weight excluding hydrogens is 332 g/mol. The number of ether oxygens (including phenoxy) is 1. The molecule has 0 atom stereocenters. The normalized spacial score (nSPS) is 14.5. The number of pyridine rings is 1. The number of rotatable bonds is 4. The third-order valence-electron chi connectivity index (χ3n) is 4.32. The van der Waals surface area contributed by atoms with Crippen molar-refractivity contribution in [2.45, 2.75) is 0 Å². The van der Waals surface area contributed by atoms with E-state index in [2.05, 4.69) is 55.9 Å². The van der Waals surface area contributed by atoms with Crippen LogP contribution >= 0.6 is 11.3 Å². The smallest absolute Gasteiger partial charge is 0.182 e. The van der Waals surface area contributed by atoms with E-state index in [1.165, 1.54) is 0 Å². The lowest BCUT2D eigenvalue weighted by Gasteiger charge is -2.27. The Morgan fingerprint density at radius 1 is 1.08 bits per heavy atom. The molecule has 1 aliphatic heterocycles. The van der Waals surface area contributed by atoms with Crippen LogP contribution in [0.25, 0.3) is 22.4 Å². The second-order valence-corrected chi connectivity index (χ2v) is 6.70. The van der Waals surface area contributed by atoms with Crippen molar-refractivity contribution >= 4 is 22.3 Å². The molecule has 0 saturated carbocycles. The largest absolute Gasteiger partial charge is 0.378 e.